The molecule has 1 aliphatic rings. The number of halogens is 2. The minimum atomic E-state index is -0.424. The van der Waals surface area contributed by atoms with Crippen molar-refractivity contribution in [2.75, 3.05) is 0 Å². The first-order valence-corrected chi connectivity index (χ1v) is 7.33. The van der Waals surface area contributed by atoms with Crippen LogP contribution in [0.15, 0.2) is 22.7 Å². The fourth-order valence-corrected chi connectivity index (χ4v) is 2.94. The van der Waals surface area contributed by atoms with E-state index in [1.54, 1.807) is 6.07 Å². The standard InChI is InChI=1S/C14H18BrFN2O/c1-9-5-3-6-10(2)18(9)17-14(19)11-7-4-8-12(16)13(11)15/h4,7-10H,3,5-6H2,1-2H3,(H,17,19). The molecule has 0 aromatic heterocycles. The zero-order chi connectivity index (χ0) is 14.0. The zero-order valence-corrected chi connectivity index (χ0v) is 12.7. The summed E-state index contributed by atoms with van der Waals surface area (Å²) in [5, 5.41) is 1.98. The zero-order valence-electron chi connectivity index (χ0n) is 11.1. The van der Waals surface area contributed by atoms with Crippen molar-refractivity contribution in [3.05, 3.63) is 34.1 Å². The Bertz CT molecular complexity index is 471. The molecule has 104 valence electrons. The number of nitrogens with zero attached hydrogens (tertiary/aromatic N) is 1. The van der Waals surface area contributed by atoms with Gasteiger partial charge in [-0.3, -0.25) is 10.2 Å². The van der Waals surface area contributed by atoms with Gasteiger partial charge in [-0.2, -0.15) is 0 Å². The van der Waals surface area contributed by atoms with Crippen LogP contribution in [0.25, 0.3) is 0 Å². The Hall–Kier alpha value is -0.940. The highest BCUT2D eigenvalue weighted by molar-refractivity contribution is 9.10. The van der Waals surface area contributed by atoms with Crippen molar-refractivity contribution in [3.8, 4) is 0 Å². The Morgan fingerprint density at radius 3 is 2.63 bits per heavy atom. The summed E-state index contributed by atoms with van der Waals surface area (Å²) >= 11 is 3.12. The SMILES string of the molecule is CC1CCCC(C)N1NC(=O)c1cccc(F)c1Br. The van der Waals surface area contributed by atoms with E-state index in [1.165, 1.54) is 18.6 Å². The van der Waals surface area contributed by atoms with Crippen LogP contribution in [0.4, 0.5) is 4.39 Å². The maximum absolute atomic E-state index is 13.4. The van der Waals surface area contributed by atoms with Gasteiger partial charge in [0.05, 0.1) is 10.0 Å². The second-order valence-corrected chi connectivity index (χ2v) is 5.87. The topological polar surface area (TPSA) is 32.3 Å². The number of nitrogens with one attached hydrogen (secondary N) is 1. The highest BCUT2D eigenvalue weighted by atomic mass is 79.9. The van der Waals surface area contributed by atoms with Gasteiger partial charge in [-0.15, -0.1) is 0 Å². The summed E-state index contributed by atoms with van der Waals surface area (Å²) in [4.78, 5) is 12.2. The van der Waals surface area contributed by atoms with Crippen molar-refractivity contribution < 1.29 is 9.18 Å². The molecule has 1 fully saturated rings. The fourth-order valence-electron chi connectivity index (χ4n) is 2.50. The Kier molecular flexibility index (Phi) is 4.58. The summed E-state index contributed by atoms with van der Waals surface area (Å²) in [7, 11) is 0. The smallest absolute Gasteiger partial charge is 0.266 e. The van der Waals surface area contributed by atoms with Gasteiger partial charge in [0.1, 0.15) is 5.82 Å². The number of rotatable bonds is 2. The van der Waals surface area contributed by atoms with Gasteiger partial charge in [0, 0.05) is 12.1 Å². The third-order valence-electron chi connectivity index (χ3n) is 3.62. The molecule has 0 radical (unpaired) electrons. The Morgan fingerprint density at radius 1 is 1.37 bits per heavy atom. The number of hydrogen-bond acceptors (Lipinski definition) is 2. The molecule has 1 aliphatic heterocycles. The number of benzene rings is 1. The lowest BCUT2D eigenvalue weighted by atomic mass is 10.00. The molecule has 1 aromatic carbocycles. The molecule has 0 saturated carbocycles. The second-order valence-electron chi connectivity index (χ2n) is 5.08. The van der Waals surface area contributed by atoms with E-state index in [2.05, 4.69) is 35.2 Å². The van der Waals surface area contributed by atoms with Crippen molar-refractivity contribution in [2.24, 2.45) is 0 Å². The third-order valence-corrected chi connectivity index (χ3v) is 4.43. The minimum Gasteiger partial charge on any atom is -0.284 e. The predicted molar refractivity (Wildman–Crippen MR) is 76.2 cm³/mol. The van der Waals surface area contributed by atoms with E-state index in [0.29, 0.717) is 17.6 Å². The molecule has 3 nitrogen and oxygen atoms in total. The lowest BCUT2D eigenvalue weighted by molar-refractivity contribution is 0.0369. The highest BCUT2D eigenvalue weighted by Gasteiger charge is 2.27. The quantitative estimate of drug-likeness (QED) is 0.901. The molecule has 0 bridgehead atoms. The Labute approximate surface area is 121 Å². The van der Waals surface area contributed by atoms with E-state index in [9.17, 15) is 9.18 Å². The number of amides is 1. The van der Waals surface area contributed by atoms with Crippen LogP contribution >= 0.6 is 15.9 Å². The first-order valence-electron chi connectivity index (χ1n) is 6.54. The molecule has 2 atom stereocenters. The molecule has 2 rings (SSSR count). The molecule has 1 heterocycles. The van der Waals surface area contributed by atoms with Crippen LogP contribution in [-0.2, 0) is 0 Å². The van der Waals surface area contributed by atoms with Crippen LogP contribution in [0.3, 0.4) is 0 Å². The molecule has 2 unspecified atom stereocenters. The van der Waals surface area contributed by atoms with E-state index < -0.39 is 5.82 Å². The monoisotopic (exact) mass is 328 g/mol. The number of piperidine rings is 1. The van der Waals surface area contributed by atoms with Gasteiger partial charge in [0.25, 0.3) is 5.91 Å². The summed E-state index contributed by atoms with van der Waals surface area (Å²) in [6.45, 7) is 4.19. The molecule has 5 heteroatoms. The molecular weight excluding hydrogens is 311 g/mol. The van der Waals surface area contributed by atoms with Crippen molar-refractivity contribution in [3.63, 3.8) is 0 Å². The van der Waals surface area contributed by atoms with Gasteiger partial charge in [0.15, 0.2) is 0 Å². The first-order chi connectivity index (χ1) is 9.00. The van der Waals surface area contributed by atoms with Gasteiger partial charge in [-0.1, -0.05) is 12.5 Å². The van der Waals surface area contributed by atoms with E-state index in [1.807, 2.05) is 5.01 Å². The van der Waals surface area contributed by atoms with Crippen molar-refractivity contribution in [2.45, 2.75) is 45.2 Å². The van der Waals surface area contributed by atoms with E-state index in [-0.39, 0.29) is 10.4 Å². The number of carbonyl (C=O) groups excluding carboxylic acids is 1. The number of hydrogen-bond donors (Lipinski definition) is 1. The van der Waals surface area contributed by atoms with Crippen LogP contribution in [0.5, 0.6) is 0 Å². The van der Waals surface area contributed by atoms with Crippen LogP contribution in [0.1, 0.15) is 43.5 Å². The maximum Gasteiger partial charge on any atom is 0.266 e. The number of carbonyl (C=O) groups is 1. The molecule has 1 saturated heterocycles. The van der Waals surface area contributed by atoms with E-state index in [0.717, 1.165) is 12.8 Å². The lowest BCUT2D eigenvalue weighted by Crippen LogP contribution is -2.54. The predicted octanol–water partition coefficient (Wildman–Crippen LogP) is 3.50. The molecule has 0 spiro atoms. The largest absolute Gasteiger partial charge is 0.284 e. The summed E-state index contributed by atoms with van der Waals surface area (Å²) in [5.74, 6) is -0.695. The van der Waals surface area contributed by atoms with E-state index >= 15 is 0 Å². The number of hydrazine groups is 1. The Balaban J connectivity index is 2.14. The summed E-state index contributed by atoms with van der Waals surface area (Å²) in [6.07, 6.45) is 3.31. The summed E-state index contributed by atoms with van der Waals surface area (Å²) in [5.41, 5.74) is 3.22. The van der Waals surface area contributed by atoms with Crippen LogP contribution in [0, 0.1) is 5.82 Å². The van der Waals surface area contributed by atoms with Gasteiger partial charge in [-0.25, -0.2) is 9.40 Å². The van der Waals surface area contributed by atoms with E-state index in [4.69, 9.17) is 0 Å². The first kappa shape index (κ1) is 14.5. The molecular formula is C14H18BrFN2O. The van der Waals surface area contributed by atoms with Gasteiger partial charge < -0.3 is 0 Å². The fraction of sp³-hybridized carbons (Fsp3) is 0.500. The van der Waals surface area contributed by atoms with Crippen molar-refractivity contribution in [1.82, 2.24) is 10.4 Å². The average Bonchev–Trinajstić information content (AvgIpc) is 2.37. The molecule has 1 aromatic rings. The van der Waals surface area contributed by atoms with Crippen molar-refractivity contribution >= 4 is 21.8 Å². The third kappa shape index (κ3) is 3.15. The average molecular weight is 329 g/mol. The normalized spacial score (nSPS) is 24.2. The van der Waals surface area contributed by atoms with Crippen LogP contribution < -0.4 is 5.43 Å². The molecule has 1 amide bonds. The van der Waals surface area contributed by atoms with Gasteiger partial charge in [0.2, 0.25) is 0 Å². The minimum absolute atomic E-state index is 0.213. The summed E-state index contributed by atoms with van der Waals surface area (Å²) < 4.78 is 13.6. The van der Waals surface area contributed by atoms with Gasteiger partial charge >= 0.3 is 0 Å². The lowest BCUT2D eigenvalue weighted by Gasteiger charge is -2.38. The maximum atomic E-state index is 13.4. The Morgan fingerprint density at radius 2 is 2.00 bits per heavy atom. The summed E-state index contributed by atoms with van der Waals surface area (Å²) in [6, 6.07) is 5.09. The van der Waals surface area contributed by atoms with Gasteiger partial charge in [-0.05, 0) is 54.8 Å². The molecule has 0 aliphatic carbocycles. The molecule has 19 heavy (non-hydrogen) atoms. The van der Waals surface area contributed by atoms with Crippen molar-refractivity contribution in [1.29, 1.82) is 0 Å². The second kappa shape index (κ2) is 6.01. The molecule has 1 N–H and O–H groups in total. The van der Waals surface area contributed by atoms with Crippen LogP contribution in [0.2, 0.25) is 0 Å². The van der Waals surface area contributed by atoms with Crippen LogP contribution in [-0.4, -0.2) is 23.0 Å². The highest BCUT2D eigenvalue weighted by Crippen LogP contribution is 2.23.